The summed E-state index contributed by atoms with van der Waals surface area (Å²) in [7, 11) is -1.27. The molecule has 1 rings (SSSR count). The first-order chi connectivity index (χ1) is 19.6. The van der Waals surface area contributed by atoms with Crippen LogP contribution in [0.2, 0.25) is 0 Å². The number of carbonyl (C=O) groups excluding carboxylic acids is 2. The Bertz CT molecular complexity index is 745. The van der Waals surface area contributed by atoms with Gasteiger partial charge in [-0.15, -0.1) is 0 Å². The minimum Gasteiger partial charge on any atom is -0.463 e. The predicted octanol–water partition coefficient (Wildman–Crippen LogP) is 3.35. The SMILES string of the molecule is CC(=O)OC[C@H]1OC(OCCOCCOCCOCCOP(OCCC#N)N(C(C)C)C(C)C)CCC1OC(C)=O. The molecule has 1 aliphatic heterocycles. The van der Waals surface area contributed by atoms with Gasteiger partial charge in [-0.3, -0.25) is 9.59 Å². The summed E-state index contributed by atoms with van der Waals surface area (Å²) < 4.78 is 52.5. The van der Waals surface area contributed by atoms with Crippen LogP contribution in [-0.2, 0) is 51.8 Å². The Labute approximate surface area is 245 Å². The van der Waals surface area contributed by atoms with Crippen LogP contribution in [0.25, 0.3) is 0 Å². The van der Waals surface area contributed by atoms with Gasteiger partial charge in [-0.05, 0) is 34.1 Å². The molecular weight excluding hydrogens is 559 g/mol. The van der Waals surface area contributed by atoms with Gasteiger partial charge in [0.25, 0.3) is 8.53 Å². The lowest BCUT2D eigenvalue weighted by Crippen LogP contribution is -2.45. The van der Waals surface area contributed by atoms with Gasteiger partial charge in [0.15, 0.2) is 6.29 Å². The molecule has 0 amide bonds. The van der Waals surface area contributed by atoms with Crippen molar-refractivity contribution in [2.24, 2.45) is 0 Å². The van der Waals surface area contributed by atoms with Crippen LogP contribution in [0.4, 0.5) is 0 Å². The second-order valence-electron chi connectivity index (χ2n) is 9.72. The van der Waals surface area contributed by atoms with Crippen molar-refractivity contribution in [1.82, 2.24) is 4.67 Å². The molecule has 238 valence electrons. The van der Waals surface area contributed by atoms with Gasteiger partial charge in [0.1, 0.15) is 18.8 Å². The molecule has 0 aromatic rings. The van der Waals surface area contributed by atoms with Crippen molar-refractivity contribution >= 4 is 20.5 Å². The Balaban J connectivity index is 2.11. The molecule has 0 aromatic heterocycles. The Hall–Kier alpha value is -1.46. The number of esters is 2. The molecule has 0 radical (unpaired) electrons. The molecule has 13 nitrogen and oxygen atoms in total. The predicted molar refractivity (Wildman–Crippen MR) is 150 cm³/mol. The number of nitriles is 1. The standard InChI is InChI=1S/C27H49N2O11P/c1-21(2)29(22(3)4)41(37-11-7-10-28)38-19-17-34-15-13-32-12-14-33-16-18-35-27-9-8-25(39-24(6)31)26(40-27)20-36-23(5)30/h21-22,25-27H,7-9,11-20H2,1-6H3/t25?,26-,27?,41?/m1/s1. The van der Waals surface area contributed by atoms with E-state index in [1.165, 1.54) is 13.8 Å². The van der Waals surface area contributed by atoms with Crippen molar-refractivity contribution in [3.63, 3.8) is 0 Å². The Morgan fingerprint density at radius 3 is 1.95 bits per heavy atom. The summed E-state index contributed by atoms with van der Waals surface area (Å²) in [6.07, 6.45) is -0.141. The third-order valence-electron chi connectivity index (χ3n) is 5.56. The third kappa shape index (κ3) is 18.0. The molecule has 1 saturated heterocycles. The highest BCUT2D eigenvalue weighted by Crippen LogP contribution is 2.45. The number of carbonyl (C=O) groups is 2. The van der Waals surface area contributed by atoms with E-state index in [0.717, 1.165) is 0 Å². The van der Waals surface area contributed by atoms with E-state index in [4.69, 9.17) is 47.5 Å². The molecule has 4 atom stereocenters. The van der Waals surface area contributed by atoms with Gasteiger partial charge < -0.3 is 42.2 Å². The van der Waals surface area contributed by atoms with Gasteiger partial charge in [-0.2, -0.15) is 5.26 Å². The van der Waals surface area contributed by atoms with E-state index >= 15 is 0 Å². The molecule has 1 fully saturated rings. The van der Waals surface area contributed by atoms with Crippen molar-refractivity contribution in [3.05, 3.63) is 0 Å². The maximum atomic E-state index is 11.3. The highest BCUT2D eigenvalue weighted by molar-refractivity contribution is 7.44. The van der Waals surface area contributed by atoms with E-state index in [2.05, 4.69) is 38.4 Å². The fraction of sp³-hybridized carbons (Fsp3) is 0.889. The van der Waals surface area contributed by atoms with E-state index < -0.39 is 39.0 Å². The Kier molecular flexibility index (Phi) is 21.1. The quantitative estimate of drug-likeness (QED) is 0.0951. The van der Waals surface area contributed by atoms with E-state index in [1.54, 1.807) is 0 Å². The van der Waals surface area contributed by atoms with Crippen LogP contribution in [0.3, 0.4) is 0 Å². The topological polar surface area (TPSA) is 144 Å². The molecule has 0 saturated carbocycles. The van der Waals surface area contributed by atoms with Crippen molar-refractivity contribution in [2.45, 2.75) is 91.4 Å². The molecule has 3 unspecified atom stereocenters. The number of hydrogen-bond acceptors (Lipinski definition) is 13. The monoisotopic (exact) mass is 608 g/mol. The van der Waals surface area contributed by atoms with E-state index in [-0.39, 0.29) is 18.7 Å². The average Bonchev–Trinajstić information content (AvgIpc) is 2.90. The first kappa shape index (κ1) is 37.6. The Morgan fingerprint density at radius 1 is 0.854 bits per heavy atom. The van der Waals surface area contributed by atoms with Gasteiger partial charge in [0.05, 0.1) is 72.0 Å². The van der Waals surface area contributed by atoms with Crippen LogP contribution < -0.4 is 0 Å². The van der Waals surface area contributed by atoms with Gasteiger partial charge in [-0.1, -0.05) is 0 Å². The molecule has 0 bridgehead atoms. The summed E-state index contributed by atoms with van der Waals surface area (Å²) >= 11 is 0. The fourth-order valence-electron chi connectivity index (χ4n) is 3.92. The lowest BCUT2D eigenvalue weighted by atomic mass is 10.1. The van der Waals surface area contributed by atoms with Crippen molar-refractivity contribution < 1.29 is 51.8 Å². The molecule has 0 N–H and O–H groups in total. The molecule has 1 aliphatic rings. The maximum absolute atomic E-state index is 11.3. The van der Waals surface area contributed by atoms with Crippen LogP contribution in [-0.4, -0.2) is 113 Å². The second kappa shape index (κ2) is 23.1. The fourth-order valence-corrected chi connectivity index (χ4v) is 5.50. The second-order valence-corrected chi connectivity index (χ2v) is 11.2. The largest absolute Gasteiger partial charge is 0.463 e. The van der Waals surface area contributed by atoms with Crippen LogP contribution in [0.1, 0.15) is 60.8 Å². The molecular formula is C27H49N2O11P. The van der Waals surface area contributed by atoms with E-state index in [0.29, 0.717) is 78.7 Å². The summed E-state index contributed by atoms with van der Waals surface area (Å²) in [5.74, 6) is -0.844. The van der Waals surface area contributed by atoms with Crippen LogP contribution >= 0.6 is 8.53 Å². The maximum Gasteiger partial charge on any atom is 0.302 e. The smallest absolute Gasteiger partial charge is 0.302 e. The van der Waals surface area contributed by atoms with Crippen molar-refractivity contribution in [1.29, 1.82) is 5.26 Å². The molecule has 1 heterocycles. The summed E-state index contributed by atoms with van der Waals surface area (Å²) in [6, 6.07) is 2.59. The van der Waals surface area contributed by atoms with Gasteiger partial charge in [-0.25, -0.2) is 4.67 Å². The minimum absolute atomic E-state index is 0.00826. The lowest BCUT2D eigenvalue weighted by molar-refractivity contribution is -0.240. The summed E-state index contributed by atoms with van der Waals surface area (Å²) in [5.41, 5.74) is 0. The first-order valence-electron chi connectivity index (χ1n) is 14.2. The van der Waals surface area contributed by atoms with Crippen LogP contribution in [0.15, 0.2) is 0 Å². The van der Waals surface area contributed by atoms with Gasteiger partial charge in [0.2, 0.25) is 0 Å². The molecule has 14 heteroatoms. The lowest BCUT2D eigenvalue weighted by Gasteiger charge is -2.35. The zero-order valence-corrected chi connectivity index (χ0v) is 26.3. The molecule has 0 aromatic carbocycles. The van der Waals surface area contributed by atoms with Gasteiger partial charge in [0, 0.05) is 32.4 Å². The zero-order chi connectivity index (χ0) is 30.5. The summed E-state index contributed by atoms with van der Waals surface area (Å²) in [4.78, 5) is 22.5. The van der Waals surface area contributed by atoms with Crippen LogP contribution in [0, 0.1) is 11.3 Å². The minimum atomic E-state index is -1.27. The number of hydrogen-bond donors (Lipinski definition) is 0. The third-order valence-corrected chi connectivity index (χ3v) is 7.67. The van der Waals surface area contributed by atoms with Crippen molar-refractivity contribution in [2.75, 3.05) is 66.1 Å². The highest BCUT2D eigenvalue weighted by atomic mass is 31.2. The number of nitrogens with zero attached hydrogens (tertiary/aromatic N) is 2. The molecule has 0 aliphatic carbocycles. The Morgan fingerprint density at radius 2 is 1.41 bits per heavy atom. The number of ether oxygens (including phenoxy) is 7. The highest BCUT2D eigenvalue weighted by Gasteiger charge is 2.34. The van der Waals surface area contributed by atoms with E-state index in [9.17, 15) is 9.59 Å². The average molecular weight is 609 g/mol. The normalized spacial score (nSPS) is 19.9. The van der Waals surface area contributed by atoms with Gasteiger partial charge >= 0.3 is 11.9 Å². The van der Waals surface area contributed by atoms with E-state index in [1.807, 2.05) is 0 Å². The molecule has 0 spiro atoms. The number of rotatable bonds is 23. The van der Waals surface area contributed by atoms with Crippen LogP contribution in [0.5, 0.6) is 0 Å². The zero-order valence-electron chi connectivity index (χ0n) is 25.4. The summed E-state index contributed by atoms with van der Waals surface area (Å²) in [5, 5.41) is 8.79. The van der Waals surface area contributed by atoms with Crippen molar-refractivity contribution in [3.8, 4) is 6.07 Å². The molecule has 41 heavy (non-hydrogen) atoms. The summed E-state index contributed by atoms with van der Waals surface area (Å²) in [6.45, 7) is 14.5. The first-order valence-corrected chi connectivity index (χ1v) is 15.3.